The van der Waals surface area contributed by atoms with E-state index in [1.54, 1.807) is 12.3 Å². The fraction of sp³-hybridized carbons (Fsp3) is 0.214. The van der Waals surface area contributed by atoms with Gasteiger partial charge >= 0.3 is 6.18 Å². The molecule has 1 atom stereocenters. The van der Waals surface area contributed by atoms with E-state index < -0.39 is 11.8 Å². The molecule has 20 heavy (non-hydrogen) atoms. The summed E-state index contributed by atoms with van der Waals surface area (Å²) < 4.78 is 39.2. The molecule has 0 fully saturated rings. The number of hydrogen-bond donors (Lipinski definition) is 2. The summed E-state index contributed by atoms with van der Waals surface area (Å²) in [6, 6.07) is 5.51. The van der Waals surface area contributed by atoms with Gasteiger partial charge in [0.25, 0.3) is 0 Å². The van der Waals surface area contributed by atoms with Gasteiger partial charge in [-0.1, -0.05) is 24.1 Å². The number of rotatable bonds is 2. The van der Waals surface area contributed by atoms with E-state index in [4.69, 9.17) is 0 Å². The summed E-state index contributed by atoms with van der Waals surface area (Å²) in [5.41, 5.74) is -2.36. The van der Waals surface area contributed by atoms with Gasteiger partial charge < -0.3 is 5.11 Å². The van der Waals surface area contributed by atoms with Gasteiger partial charge in [0.05, 0.1) is 6.20 Å². The molecule has 6 heteroatoms. The topological polar surface area (TPSA) is 48.9 Å². The van der Waals surface area contributed by atoms with Crippen LogP contribution in [0.1, 0.15) is 12.5 Å². The lowest BCUT2D eigenvalue weighted by Crippen LogP contribution is -2.41. The Kier molecular flexibility index (Phi) is 3.55. The molecular weight excluding hydrogens is 269 g/mol. The Morgan fingerprint density at radius 1 is 1.25 bits per heavy atom. The minimum Gasteiger partial charge on any atom is -0.366 e. The zero-order valence-corrected chi connectivity index (χ0v) is 10.5. The molecule has 0 radical (unpaired) electrons. The first-order valence-corrected chi connectivity index (χ1v) is 5.71. The number of aliphatic hydroxyl groups is 1. The Hall–Kier alpha value is -2.26. The van der Waals surface area contributed by atoms with Crippen molar-refractivity contribution in [3.8, 4) is 23.0 Å². The number of benzene rings is 1. The summed E-state index contributed by atoms with van der Waals surface area (Å²) in [4.78, 5) is 0. The summed E-state index contributed by atoms with van der Waals surface area (Å²) >= 11 is 0. The quantitative estimate of drug-likeness (QED) is 0.831. The number of aromatic nitrogens is 2. The third-order valence-electron chi connectivity index (χ3n) is 2.83. The zero-order chi connectivity index (χ0) is 14.8. The molecule has 0 amide bonds. The molecule has 104 valence electrons. The number of nitrogens with one attached hydrogen (secondary N) is 1. The summed E-state index contributed by atoms with van der Waals surface area (Å²) in [7, 11) is 0. The van der Waals surface area contributed by atoms with Crippen molar-refractivity contribution in [1.82, 2.24) is 10.2 Å². The van der Waals surface area contributed by atoms with Crippen molar-refractivity contribution in [2.45, 2.75) is 18.7 Å². The first kappa shape index (κ1) is 14.2. The summed E-state index contributed by atoms with van der Waals surface area (Å²) in [5.74, 6) is 3.97. The monoisotopic (exact) mass is 280 g/mol. The maximum absolute atomic E-state index is 13.1. The predicted octanol–water partition coefficient (Wildman–Crippen LogP) is 2.85. The van der Waals surface area contributed by atoms with E-state index in [0.717, 1.165) is 0 Å². The molecule has 0 aliphatic rings. The van der Waals surface area contributed by atoms with Crippen LogP contribution < -0.4 is 0 Å². The number of H-pyrrole nitrogens is 1. The van der Waals surface area contributed by atoms with E-state index in [0.29, 0.717) is 11.1 Å². The van der Waals surface area contributed by atoms with Crippen molar-refractivity contribution >= 4 is 0 Å². The first-order valence-electron chi connectivity index (χ1n) is 5.71. The van der Waals surface area contributed by atoms with E-state index >= 15 is 0 Å². The number of hydrogen-bond acceptors (Lipinski definition) is 2. The van der Waals surface area contributed by atoms with Crippen molar-refractivity contribution < 1.29 is 18.3 Å². The molecule has 0 saturated carbocycles. The molecule has 1 unspecified atom stereocenters. The Morgan fingerprint density at radius 3 is 2.55 bits per heavy atom. The first-order chi connectivity index (χ1) is 9.38. The van der Waals surface area contributed by atoms with Gasteiger partial charge in [0, 0.05) is 17.3 Å². The predicted molar refractivity (Wildman–Crippen MR) is 67.4 cm³/mol. The van der Waals surface area contributed by atoms with Crippen LogP contribution >= 0.6 is 0 Å². The largest absolute Gasteiger partial charge is 0.433 e. The summed E-state index contributed by atoms with van der Waals surface area (Å²) in [6.07, 6.45) is -1.85. The average molecular weight is 280 g/mol. The minimum absolute atomic E-state index is 0.321. The van der Waals surface area contributed by atoms with Crippen molar-refractivity contribution in [1.29, 1.82) is 0 Å². The standard InChI is InChI=1S/C14H11F3N2O/c1-2-6-13(20,14(15,16)17)12-5-3-4-10(7-12)11-8-18-19-9-11/h3-5,7-9,20H,1H3,(H,18,19). The van der Waals surface area contributed by atoms with Gasteiger partial charge in [-0.15, -0.1) is 5.92 Å². The highest BCUT2D eigenvalue weighted by Gasteiger charge is 2.54. The molecule has 1 aromatic carbocycles. The van der Waals surface area contributed by atoms with Gasteiger partial charge in [0.15, 0.2) is 0 Å². The summed E-state index contributed by atoms with van der Waals surface area (Å²) in [5, 5.41) is 16.2. The van der Waals surface area contributed by atoms with Crippen LogP contribution in [0.3, 0.4) is 0 Å². The van der Waals surface area contributed by atoms with Crippen LogP contribution in [0.4, 0.5) is 13.2 Å². The number of alkyl halides is 3. The Bertz CT molecular complexity index is 653. The van der Waals surface area contributed by atoms with Crippen LogP contribution in [0, 0.1) is 11.8 Å². The molecule has 1 aromatic heterocycles. The second kappa shape index (κ2) is 5.02. The van der Waals surface area contributed by atoms with Crippen molar-refractivity contribution in [2.24, 2.45) is 0 Å². The van der Waals surface area contributed by atoms with Crippen LogP contribution in [-0.4, -0.2) is 21.5 Å². The molecule has 2 N–H and O–H groups in total. The lowest BCUT2D eigenvalue weighted by Gasteiger charge is -2.26. The smallest absolute Gasteiger partial charge is 0.366 e. The van der Waals surface area contributed by atoms with E-state index in [1.807, 2.05) is 5.92 Å². The Balaban J connectivity index is 2.56. The van der Waals surface area contributed by atoms with E-state index in [9.17, 15) is 18.3 Å². The maximum atomic E-state index is 13.1. The van der Waals surface area contributed by atoms with E-state index in [2.05, 4.69) is 16.1 Å². The van der Waals surface area contributed by atoms with Gasteiger partial charge in [-0.25, -0.2) is 0 Å². The molecule has 2 aromatic rings. The zero-order valence-electron chi connectivity index (χ0n) is 10.5. The van der Waals surface area contributed by atoms with E-state index in [1.165, 1.54) is 31.3 Å². The minimum atomic E-state index is -4.88. The van der Waals surface area contributed by atoms with Gasteiger partial charge in [0.1, 0.15) is 0 Å². The van der Waals surface area contributed by atoms with Crippen LogP contribution in [0.25, 0.3) is 11.1 Å². The molecule has 0 spiro atoms. The van der Waals surface area contributed by atoms with Crippen LogP contribution in [0.5, 0.6) is 0 Å². The summed E-state index contributed by atoms with van der Waals surface area (Å²) in [6.45, 7) is 1.25. The highest BCUT2D eigenvalue weighted by atomic mass is 19.4. The normalized spacial score (nSPS) is 14.2. The highest BCUT2D eigenvalue weighted by Crippen LogP contribution is 2.39. The Morgan fingerprint density at radius 2 is 2.00 bits per heavy atom. The lowest BCUT2D eigenvalue weighted by atomic mass is 9.91. The van der Waals surface area contributed by atoms with E-state index in [-0.39, 0.29) is 5.56 Å². The molecule has 0 aliphatic carbocycles. The van der Waals surface area contributed by atoms with Gasteiger partial charge in [0.2, 0.25) is 5.60 Å². The van der Waals surface area contributed by atoms with Crippen LogP contribution in [0.15, 0.2) is 36.7 Å². The molecule has 2 rings (SSSR count). The fourth-order valence-electron chi connectivity index (χ4n) is 1.82. The van der Waals surface area contributed by atoms with Crippen LogP contribution in [0.2, 0.25) is 0 Å². The van der Waals surface area contributed by atoms with Crippen molar-refractivity contribution in [3.05, 3.63) is 42.2 Å². The molecule has 0 saturated heterocycles. The fourth-order valence-corrected chi connectivity index (χ4v) is 1.82. The van der Waals surface area contributed by atoms with Gasteiger partial charge in [-0.3, -0.25) is 5.10 Å². The van der Waals surface area contributed by atoms with Gasteiger partial charge in [-0.05, 0) is 18.6 Å². The number of nitrogens with zero attached hydrogens (tertiary/aromatic N) is 1. The Labute approximate surface area is 113 Å². The molecule has 3 nitrogen and oxygen atoms in total. The second-order valence-corrected chi connectivity index (χ2v) is 4.15. The van der Waals surface area contributed by atoms with Crippen molar-refractivity contribution in [2.75, 3.05) is 0 Å². The lowest BCUT2D eigenvalue weighted by molar-refractivity contribution is -0.240. The number of aromatic amines is 1. The SMILES string of the molecule is CC#CC(O)(c1cccc(-c2cn[nH]c2)c1)C(F)(F)F. The van der Waals surface area contributed by atoms with Crippen molar-refractivity contribution in [3.63, 3.8) is 0 Å². The van der Waals surface area contributed by atoms with Gasteiger partial charge in [-0.2, -0.15) is 18.3 Å². The third-order valence-corrected chi connectivity index (χ3v) is 2.83. The maximum Gasteiger partial charge on any atom is 0.433 e. The molecule has 1 heterocycles. The number of halogens is 3. The molecule has 0 bridgehead atoms. The third kappa shape index (κ3) is 2.40. The molecular formula is C14H11F3N2O. The average Bonchev–Trinajstić information content (AvgIpc) is 2.91. The highest BCUT2D eigenvalue weighted by molar-refractivity contribution is 5.63. The second-order valence-electron chi connectivity index (χ2n) is 4.15. The molecule has 0 aliphatic heterocycles. The van der Waals surface area contributed by atoms with Crippen LogP contribution in [-0.2, 0) is 5.60 Å².